The van der Waals surface area contributed by atoms with Crippen LogP contribution in [0.25, 0.3) is 0 Å². The Labute approximate surface area is 111 Å². The van der Waals surface area contributed by atoms with E-state index in [0.29, 0.717) is 0 Å². The van der Waals surface area contributed by atoms with Gasteiger partial charge in [0.2, 0.25) is 0 Å². The minimum absolute atomic E-state index is 0.244. The second kappa shape index (κ2) is 6.32. The molecule has 1 aromatic rings. The number of benzene rings is 1. The molecule has 0 aliphatic carbocycles. The number of hydrogen-bond acceptors (Lipinski definition) is 3. The maximum atomic E-state index is 5.81. The van der Waals surface area contributed by atoms with Gasteiger partial charge in [-0.25, -0.2) is 0 Å². The summed E-state index contributed by atoms with van der Waals surface area (Å²) in [6.07, 6.45) is 0.967. The molecule has 0 spiro atoms. The SMILES string of the molecule is CC(N)Cc1ccc(CN2CCN(C)CC2)cc1. The van der Waals surface area contributed by atoms with Crippen LogP contribution in [0.3, 0.4) is 0 Å². The quantitative estimate of drug-likeness (QED) is 0.871. The Balaban J connectivity index is 1.86. The van der Waals surface area contributed by atoms with E-state index in [0.717, 1.165) is 13.0 Å². The zero-order chi connectivity index (χ0) is 13.0. The van der Waals surface area contributed by atoms with Crippen molar-refractivity contribution in [1.29, 1.82) is 0 Å². The third kappa shape index (κ3) is 4.09. The first-order valence-electron chi connectivity index (χ1n) is 6.88. The summed E-state index contributed by atoms with van der Waals surface area (Å²) in [7, 11) is 2.19. The molecule has 100 valence electrons. The molecule has 1 unspecified atom stereocenters. The molecule has 1 aliphatic rings. The summed E-state index contributed by atoms with van der Waals surface area (Å²) in [6.45, 7) is 7.85. The summed E-state index contributed by atoms with van der Waals surface area (Å²) >= 11 is 0. The van der Waals surface area contributed by atoms with Crippen LogP contribution in [-0.2, 0) is 13.0 Å². The summed E-state index contributed by atoms with van der Waals surface area (Å²) in [4.78, 5) is 4.92. The molecule has 2 N–H and O–H groups in total. The van der Waals surface area contributed by atoms with Crippen LogP contribution in [0.1, 0.15) is 18.1 Å². The van der Waals surface area contributed by atoms with Gasteiger partial charge in [0.1, 0.15) is 0 Å². The largest absolute Gasteiger partial charge is 0.328 e. The lowest BCUT2D eigenvalue weighted by Crippen LogP contribution is -2.43. The smallest absolute Gasteiger partial charge is 0.0234 e. The fourth-order valence-corrected chi connectivity index (χ4v) is 2.42. The van der Waals surface area contributed by atoms with E-state index < -0.39 is 0 Å². The van der Waals surface area contributed by atoms with Crippen LogP contribution in [0.5, 0.6) is 0 Å². The number of nitrogens with zero attached hydrogens (tertiary/aromatic N) is 2. The molecule has 0 amide bonds. The maximum Gasteiger partial charge on any atom is 0.0234 e. The predicted octanol–water partition coefficient (Wildman–Crippen LogP) is 1.32. The van der Waals surface area contributed by atoms with Crippen molar-refractivity contribution in [2.45, 2.75) is 25.9 Å². The Morgan fingerprint density at radius 1 is 1.06 bits per heavy atom. The molecule has 1 aromatic carbocycles. The average molecular weight is 247 g/mol. The van der Waals surface area contributed by atoms with E-state index in [1.54, 1.807) is 0 Å². The molecule has 3 nitrogen and oxygen atoms in total. The number of rotatable bonds is 4. The number of nitrogens with two attached hydrogens (primary N) is 1. The van der Waals surface area contributed by atoms with Gasteiger partial charge >= 0.3 is 0 Å². The summed E-state index contributed by atoms with van der Waals surface area (Å²) in [5, 5.41) is 0. The van der Waals surface area contributed by atoms with Crippen molar-refractivity contribution in [2.75, 3.05) is 33.2 Å². The van der Waals surface area contributed by atoms with Crippen LogP contribution in [0.2, 0.25) is 0 Å². The van der Waals surface area contributed by atoms with Crippen molar-refractivity contribution in [3.05, 3.63) is 35.4 Å². The van der Waals surface area contributed by atoms with E-state index in [1.807, 2.05) is 0 Å². The second-order valence-corrected chi connectivity index (χ2v) is 5.58. The minimum Gasteiger partial charge on any atom is -0.328 e. The number of hydrogen-bond donors (Lipinski definition) is 1. The van der Waals surface area contributed by atoms with Gasteiger partial charge in [-0.1, -0.05) is 24.3 Å². The molecule has 1 saturated heterocycles. The van der Waals surface area contributed by atoms with Gasteiger partial charge in [-0.3, -0.25) is 4.90 Å². The van der Waals surface area contributed by atoms with Crippen LogP contribution in [0, 0.1) is 0 Å². The van der Waals surface area contributed by atoms with Gasteiger partial charge in [0.15, 0.2) is 0 Å². The average Bonchev–Trinajstić information content (AvgIpc) is 2.34. The lowest BCUT2D eigenvalue weighted by atomic mass is 10.1. The molecule has 18 heavy (non-hydrogen) atoms. The third-order valence-electron chi connectivity index (χ3n) is 3.58. The van der Waals surface area contributed by atoms with Crippen LogP contribution >= 0.6 is 0 Å². The molecule has 1 atom stereocenters. The molecular weight excluding hydrogens is 222 g/mol. The van der Waals surface area contributed by atoms with Crippen molar-refractivity contribution in [1.82, 2.24) is 9.80 Å². The molecule has 2 rings (SSSR count). The maximum absolute atomic E-state index is 5.81. The molecule has 1 heterocycles. The van der Waals surface area contributed by atoms with Crippen molar-refractivity contribution in [2.24, 2.45) is 5.73 Å². The van der Waals surface area contributed by atoms with Crippen LogP contribution in [-0.4, -0.2) is 49.1 Å². The van der Waals surface area contributed by atoms with E-state index in [1.165, 1.54) is 37.3 Å². The Morgan fingerprint density at radius 3 is 2.17 bits per heavy atom. The Morgan fingerprint density at radius 2 is 1.61 bits per heavy atom. The van der Waals surface area contributed by atoms with Crippen LogP contribution in [0.15, 0.2) is 24.3 Å². The zero-order valence-corrected chi connectivity index (χ0v) is 11.6. The first-order valence-corrected chi connectivity index (χ1v) is 6.88. The summed E-state index contributed by atoms with van der Waals surface area (Å²) in [5.41, 5.74) is 8.56. The van der Waals surface area contributed by atoms with Crippen molar-refractivity contribution in [3.63, 3.8) is 0 Å². The molecule has 3 heteroatoms. The Kier molecular flexibility index (Phi) is 4.75. The number of likely N-dealkylation sites (N-methyl/N-ethyl adjacent to an activating group) is 1. The summed E-state index contributed by atoms with van der Waals surface area (Å²) in [6, 6.07) is 9.17. The number of piperazine rings is 1. The van der Waals surface area contributed by atoms with Gasteiger partial charge in [-0.2, -0.15) is 0 Å². The van der Waals surface area contributed by atoms with E-state index in [-0.39, 0.29) is 6.04 Å². The highest BCUT2D eigenvalue weighted by Crippen LogP contribution is 2.10. The lowest BCUT2D eigenvalue weighted by Gasteiger charge is -2.32. The van der Waals surface area contributed by atoms with Crippen LogP contribution < -0.4 is 5.73 Å². The van der Waals surface area contributed by atoms with E-state index in [2.05, 4.69) is 48.0 Å². The fraction of sp³-hybridized carbons (Fsp3) is 0.600. The molecule has 0 radical (unpaired) electrons. The molecule has 1 fully saturated rings. The first kappa shape index (κ1) is 13.5. The van der Waals surface area contributed by atoms with E-state index in [9.17, 15) is 0 Å². The van der Waals surface area contributed by atoms with Crippen molar-refractivity contribution < 1.29 is 0 Å². The highest BCUT2D eigenvalue weighted by Gasteiger charge is 2.13. The van der Waals surface area contributed by atoms with Crippen LogP contribution in [0.4, 0.5) is 0 Å². The minimum atomic E-state index is 0.244. The predicted molar refractivity (Wildman–Crippen MR) is 76.6 cm³/mol. The molecule has 0 aromatic heterocycles. The zero-order valence-electron chi connectivity index (χ0n) is 11.6. The standard InChI is InChI=1S/C15H25N3/c1-13(16)11-14-3-5-15(6-4-14)12-18-9-7-17(2)8-10-18/h3-6,13H,7-12,16H2,1-2H3. The Bertz CT molecular complexity index is 351. The van der Waals surface area contributed by atoms with Gasteiger partial charge in [0, 0.05) is 38.8 Å². The lowest BCUT2D eigenvalue weighted by molar-refractivity contribution is 0.148. The van der Waals surface area contributed by atoms with Gasteiger partial charge in [-0.05, 0) is 31.5 Å². The van der Waals surface area contributed by atoms with E-state index in [4.69, 9.17) is 5.73 Å². The summed E-state index contributed by atoms with van der Waals surface area (Å²) < 4.78 is 0. The van der Waals surface area contributed by atoms with Gasteiger partial charge in [0.25, 0.3) is 0 Å². The summed E-state index contributed by atoms with van der Waals surface area (Å²) in [5.74, 6) is 0. The third-order valence-corrected chi connectivity index (χ3v) is 3.58. The van der Waals surface area contributed by atoms with Gasteiger partial charge in [-0.15, -0.1) is 0 Å². The molecule has 0 bridgehead atoms. The highest BCUT2D eigenvalue weighted by molar-refractivity contribution is 5.23. The Hall–Kier alpha value is -0.900. The van der Waals surface area contributed by atoms with Gasteiger partial charge in [0.05, 0.1) is 0 Å². The molecular formula is C15H25N3. The second-order valence-electron chi connectivity index (χ2n) is 5.58. The normalized spacial score (nSPS) is 19.9. The topological polar surface area (TPSA) is 32.5 Å². The monoisotopic (exact) mass is 247 g/mol. The van der Waals surface area contributed by atoms with Crippen molar-refractivity contribution in [3.8, 4) is 0 Å². The fourth-order valence-electron chi connectivity index (χ4n) is 2.42. The molecule has 1 aliphatic heterocycles. The molecule has 0 saturated carbocycles. The van der Waals surface area contributed by atoms with E-state index >= 15 is 0 Å². The highest BCUT2D eigenvalue weighted by atomic mass is 15.2. The van der Waals surface area contributed by atoms with Crippen molar-refractivity contribution >= 4 is 0 Å². The van der Waals surface area contributed by atoms with Gasteiger partial charge < -0.3 is 10.6 Å². The first-order chi connectivity index (χ1) is 8.63.